The van der Waals surface area contributed by atoms with E-state index in [0.717, 1.165) is 23.2 Å². The number of aromatic nitrogens is 2. The summed E-state index contributed by atoms with van der Waals surface area (Å²) in [5.74, 6) is 2.20. The second-order valence-electron chi connectivity index (χ2n) is 4.33. The number of rotatable bonds is 4. The first-order valence-corrected chi connectivity index (χ1v) is 6.90. The molecule has 0 spiro atoms. The van der Waals surface area contributed by atoms with Crippen molar-refractivity contribution in [2.75, 3.05) is 13.2 Å². The Hall–Kier alpha value is -1.40. The maximum absolute atomic E-state index is 5.62. The molecule has 2 aromatic rings. The molecule has 1 atom stereocenters. The molecule has 1 saturated heterocycles. The Morgan fingerprint density at radius 1 is 1.37 bits per heavy atom. The normalized spacial score (nSPS) is 18.7. The van der Waals surface area contributed by atoms with Gasteiger partial charge in [-0.2, -0.15) is 4.98 Å². The molecule has 0 unspecified atom stereocenters. The molecule has 1 aliphatic heterocycles. The first-order chi connectivity index (χ1) is 9.33. The summed E-state index contributed by atoms with van der Waals surface area (Å²) in [5, 5.41) is 3.98. The summed E-state index contributed by atoms with van der Waals surface area (Å²) >= 11 is 3.42. The number of hydrogen-bond donors (Lipinski definition) is 0. The number of hydrogen-bond acceptors (Lipinski definition) is 5. The fraction of sp³-hybridized carbons (Fsp3) is 0.385. The van der Waals surface area contributed by atoms with Gasteiger partial charge in [0.15, 0.2) is 12.4 Å². The van der Waals surface area contributed by atoms with Crippen molar-refractivity contribution in [3.63, 3.8) is 0 Å². The summed E-state index contributed by atoms with van der Waals surface area (Å²) in [6.45, 7) is 1.70. The van der Waals surface area contributed by atoms with Gasteiger partial charge in [0.05, 0.1) is 11.1 Å². The smallest absolute Gasteiger partial charge is 0.264 e. The first-order valence-electron chi connectivity index (χ1n) is 6.10. The van der Waals surface area contributed by atoms with E-state index in [1.165, 1.54) is 0 Å². The van der Waals surface area contributed by atoms with Gasteiger partial charge < -0.3 is 14.0 Å². The minimum absolute atomic E-state index is 0.251. The average molecular weight is 325 g/mol. The molecule has 0 radical (unpaired) electrons. The average Bonchev–Trinajstić information content (AvgIpc) is 3.09. The Bertz CT molecular complexity index is 552. The van der Waals surface area contributed by atoms with Crippen LogP contribution in [-0.4, -0.2) is 23.4 Å². The molecule has 19 heavy (non-hydrogen) atoms. The molecule has 0 amide bonds. The van der Waals surface area contributed by atoms with Crippen molar-refractivity contribution in [3.05, 3.63) is 40.5 Å². The summed E-state index contributed by atoms with van der Waals surface area (Å²) in [6, 6.07) is 7.65. The molecule has 0 aliphatic carbocycles. The van der Waals surface area contributed by atoms with Crippen LogP contribution in [0.1, 0.15) is 24.1 Å². The van der Waals surface area contributed by atoms with Gasteiger partial charge in [-0.15, -0.1) is 0 Å². The molecule has 3 rings (SSSR count). The summed E-state index contributed by atoms with van der Waals surface area (Å²) in [5.41, 5.74) is 0. The van der Waals surface area contributed by atoms with E-state index in [4.69, 9.17) is 14.0 Å². The number of para-hydroxylation sites is 1. The molecule has 6 heteroatoms. The van der Waals surface area contributed by atoms with Gasteiger partial charge in [-0.1, -0.05) is 17.3 Å². The third-order valence-electron chi connectivity index (χ3n) is 2.97. The minimum Gasteiger partial charge on any atom is -0.483 e. The van der Waals surface area contributed by atoms with Crippen LogP contribution >= 0.6 is 15.9 Å². The molecular formula is C13H13BrN2O3. The van der Waals surface area contributed by atoms with Gasteiger partial charge in [0.25, 0.3) is 5.89 Å². The summed E-state index contributed by atoms with van der Waals surface area (Å²) in [6.07, 6.45) is 0.948. The van der Waals surface area contributed by atoms with E-state index in [2.05, 4.69) is 26.1 Å². The molecule has 1 aromatic carbocycles. The molecule has 1 aliphatic rings. The van der Waals surface area contributed by atoms with Crippen LogP contribution in [0.25, 0.3) is 0 Å². The lowest BCUT2D eigenvalue weighted by molar-refractivity contribution is 0.192. The fourth-order valence-electron chi connectivity index (χ4n) is 1.93. The molecule has 5 nitrogen and oxygen atoms in total. The van der Waals surface area contributed by atoms with E-state index < -0.39 is 0 Å². The molecule has 0 N–H and O–H groups in total. The standard InChI is InChI=1S/C13H13BrN2O3/c14-10-3-1-2-4-11(10)18-8-12-15-13(16-19-12)9-5-6-17-7-9/h1-4,9H,5-8H2/t9-/m1/s1. The van der Waals surface area contributed by atoms with Gasteiger partial charge in [0.2, 0.25) is 0 Å². The Labute approximate surface area is 119 Å². The first kappa shape index (κ1) is 12.6. The molecule has 0 saturated carbocycles. The SMILES string of the molecule is Brc1ccccc1OCc1nc([C@@H]2CCOC2)no1. The minimum atomic E-state index is 0.251. The van der Waals surface area contributed by atoms with Crippen LogP contribution in [0.15, 0.2) is 33.3 Å². The van der Waals surface area contributed by atoms with E-state index in [9.17, 15) is 0 Å². The Morgan fingerprint density at radius 3 is 3.05 bits per heavy atom. The van der Waals surface area contributed by atoms with Gasteiger partial charge in [0.1, 0.15) is 5.75 Å². The van der Waals surface area contributed by atoms with Crippen molar-refractivity contribution in [1.29, 1.82) is 0 Å². The Morgan fingerprint density at radius 2 is 2.26 bits per heavy atom. The fourth-order valence-corrected chi connectivity index (χ4v) is 2.33. The Balaban J connectivity index is 1.63. The number of ether oxygens (including phenoxy) is 2. The van der Waals surface area contributed by atoms with E-state index in [0.29, 0.717) is 18.3 Å². The molecule has 1 aromatic heterocycles. The van der Waals surface area contributed by atoms with Crippen LogP contribution < -0.4 is 4.74 Å². The lowest BCUT2D eigenvalue weighted by atomic mass is 10.1. The summed E-state index contributed by atoms with van der Waals surface area (Å²) in [7, 11) is 0. The van der Waals surface area contributed by atoms with Crippen LogP contribution in [0.4, 0.5) is 0 Å². The quantitative estimate of drug-likeness (QED) is 0.865. The lowest BCUT2D eigenvalue weighted by Crippen LogP contribution is -2.01. The van der Waals surface area contributed by atoms with Crippen LogP contribution in [-0.2, 0) is 11.3 Å². The zero-order valence-corrected chi connectivity index (χ0v) is 11.8. The van der Waals surface area contributed by atoms with Gasteiger partial charge >= 0.3 is 0 Å². The highest BCUT2D eigenvalue weighted by Gasteiger charge is 2.23. The van der Waals surface area contributed by atoms with Gasteiger partial charge in [-0.25, -0.2) is 0 Å². The zero-order valence-electron chi connectivity index (χ0n) is 10.2. The zero-order chi connectivity index (χ0) is 13.1. The predicted octanol–water partition coefficient (Wildman–Crippen LogP) is 2.92. The van der Waals surface area contributed by atoms with Crippen molar-refractivity contribution in [1.82, 2.24) is 10.1 Å². The van der Waals surface area contributed by atoms with Gasteiger partial charge in [-0.3, -0.25) is 0 Å². The Kier molecular flexibility index (Phi) is 3.79. The van der Waals surface area contributed by atoms with Crippen molar-refractivity contribution in [2.24, 2.45) is 0 Å². The van der Waals surface area contributed by atoms with E-state index in [-0.39, 0.29) is 12.5 Å². The maximum Gasteiger partial charge on any atom is 0.264 e. The third-order valence-corrected chi connectivity index (χ3v) is 3.62. The molecular weight excluding hydrogens is 312 g/mol. The van der Waals surface area contributed by atoms with Crippen LogP contribution in [0.5, 0.6) is 5.75 Å². The van der Waals surface area contributed by atoms with Crippen molar-refractivity contribution < 1.29 is 14.0 Å². The van der Waals surface area contributed by atoms with Crippen LogP contribution in [0, 0.1) is 0 Å². The lowest BCUT2D eigenvalue weighted by Gasteiger charge is -2.04. The molecule has 1 fully saturated rings. The maximum atomic E-state index is 5.62. The number of nitrogens with zero attached hydrogens (tertiary/aromatic N) is 2. The van der Waals surface area contributed by atoms with Crippen molar-refractivity contribution >= 4 is 15.9 Å². The highest BCUT2D eigenvalue weighted by Crippen LogP contribution is 2.25. The molecule has 2 heterocycles. The van der Waals surface area contributed by atoms with Gasteiger partial charge in [-0.05, 0) is 34.5 Å². The van der Waals surface area contributed by atoms with E-state index in [1.807, 2.05) is 24.3 Å². The summed E-state index contributed by atoms with van der Waals surface area (Å²) in [4.78, 5) is 4.34. The summed E-state index contributed by atoms with van der Waals surface area (Å²) < 4.78 is 17.0. The topological polar surface area (TPSA) is 57.4 Å². The van der Waals surface area contributed by atoms with Crippen molar-refractivity contribution in [2.45, 2.75) is 18.9 Å². The monoisotopic (exact) mass is 324 g/mol. The highest BCUT2D eigenvalue weighted by molar-refractivity contribution is 9.10. The number of halogens is 1. The van der Waals surface area contributed by atoms with Crippen LogP contribution in [0.2, 0.25) is 0 Å². The van der Waals surface area contributed by atoms with Crippen molar-refractivity contribution in [3.8, 4) is 5.75 Å². The van der Waals surface area contributed by atoms with Crippen LogP contribution in [0.3, 0.4) is 0 Å². The van der Waals surface area contributed by atoms with E-state index >= 15 is 0 Å². The van der Waals surface area contributed by atoms with E-state index in [1.54, 1.807) is 0 Å². The predicted molar refractivity (Wildman–Crippen MR) is 70.9 cm³/mol. The highest BCUT2D eigenvalue weighted by atomic mass is 79.9. The largest absolute Gasteiger partial charge is 0.483 e. The third kappa shape index (κ3) is 2.96. The second-order valence-corrected chi connectivity index (χ2v) is 5.18. The molecule has 0 bridgehead atoms. The molecule has 100 valence electrons. The number of benzene rings is 1. The van der Waals surface area contributed by atoms with Gasteiger partial charge in [0, 0.05) is 12.5 Å². The second kappa shape index (κ2) is 5.71.